The maximum Gasteiger partial charge on any atom is 0.326 e. The first-order valence-electron chi connectivity index (χ1n) is 8.44. The fourth-order valence-electron chi connectivity index (χ4n) is 2.68. The van der Waals surface area contributed by atoms with Crippen molar-refractivity contribution in [3.05, 3.63) is 64.0 Å². The molecule has 28 heavy (non-hydrogen) atoms. The smallest absolute Gasteiger partial charge is 0.326 e. The molecule has 0 saturated carbocycles. The van der Waals surface area contributed by atoms with Gasteiger partial charge < -0.3 is 14.0 Å². The monoisotopic (exact) mass is 380 g/mol. The molecule has 3 aromatic rings. The molecule has 2 aromatic carbocycles. The van der Waals surface area contributed by atoms with Crippen LogP contribution >= 0.6 is 0 Å². The average molecular weight is 380 g/mol. The van der Waals surface area contributed by atoms with Crippen LogP contribution in [0, 0.1) is 21.4 Å². The number of rotatable bonds is 7. The number of nitro benzene ring substituents is 1. The molecule has 9 nitrogen and oxygen atoms in total. The third-order valence-electron chi connectivity index (χ3n) is 3.97. The summed E-state index contributed by atoms with van der Waals surface area (Å²) in [5.41, 5.74) is 1.37. The lowest BCUT2D eigenvalue weighted by atomic mass is 10.2. The Morgan fingerprint density at radius 1 is 1.29 bits per heavy atom. The summed E-state index contributed by atoms with van der Waals surface area (Å²) in [5, 5.41) is 19.9. The number of hydrogen-bond donors (Lipinski definition) is 0. The van der Waals surface area contributed by atoms with Gasteiger partial charge in [0.2, 0.25) is 0 Å². The lowest BCUT2D eigenvalue weighted by Crippen LogP contribution is -2.16. The minimum atomic E-state index is -0.503. The first-order valence-corrected chi connectivity index (χ1v) is 8.44. The van der Waals surface area contributed by atoms with E-state index in [-0.39, 0.29) is 25.4 Å². The van der Waals surface area contributed by atoms with E-state index in [1.54, 1.807) is 41.8 Å². The van der Waals surface area contributed by atoms with Crippen LogP contribution in [-0.4, -0.2) is 27.1 Å². The lowest BCUT2D eigenvalue weighted by molar-refractivity contribution is -0.384. The third-order valence-corrected chi connectivity index (χ3v) is 3.97. The molecule has 0 unspecified atom stereocenters. The average Bonchev–Trinajstić information content (AvgIpc) is 3.03. The Morgan fingerprint density at radius 2 is 2.04 bits per heavy atom. The molecule has 3 rings (SSSR count). The van der Waals surface area contributed by atoms with E-state index in [0.29, 0.717) is 28.2 Å². The first-order chi connectivity index (χ1) is 13.5. The molecule has 1 heterocycles. The van der Waals surface area contributed by atoms with Crippen molar-refractivity contribution >= 4 is 22.7 Å². The highest BCUT2D eigenvalue weighted by Gasteiger charge is 2.17. The molecule has 0 bridgehead atoms. The van der Waals surface area contributed by atoms with Gasteiger partial charge in [-0.3, -0.25) is 14.9 Å². The number of fused-ring (bicyclic) bond motifs is 1. The number of nitrogens with zero attached hydrogens (tertiary/aromatic N) is 4. The molecule has 0 spiro atoms. The van der Waals surface area contributed by atoms with E-state index in [9.17, 15) is 14.9 Å². The zero-order valence-electron chi connectivity index (χ0n) is 15.0. The van der Waals surface area contributed by atoms with Gasteiger partial charge in [-0.2, -0.15) is 5.26 Å². The number of benzene rings is 2. The van der Waals surface area contributed by atoms with Gasteiger partial charge in [0, 0.05) is 12.1 Å². The maximum absolute atomic E-state index is 12.0. The highest BCUT2D eigenvalue weighted by atomic mass is 16.6. The van der Waals surface area contributed by atoms with Gasteiger partial charge in [0.05, 0.1) is 34.2 Å². The zero-order chi connectivity index (χ0) is 20.1. The number of carbonyl (C=O) groups is 1. The number of aromatic nitrogens is 2. The molecule has 0 aliphatic rings. The standard InChI is InChI=1S/C19H16N4O5/c1-2-27-19(24)11-22-17-8-5-14(23(25)26)9-16(17)21-18(22)12-28-15-6-3-13(10-20)4-7-15/h3-9H,2,11-12H2,1H3. The summed E-state index contributed by atoms with van der Waals surface area (Å²) >= 11 is 0. The summed E-state index contributed by atoms with van der Waals surface area (Å²) in [6.45, 7) is 1.90. The van der Waals surface area contributed by atoms with Crippen molar-refractivity contribution < 1.29 is 19.2 Å². The molecular formula is C19H16N4O5. The Labute approximate surface area is 159 Å². The Bertz CT molecular complexity index is 1070. The fraction of sp³-hybridized carbons (Fsp3) is 0.211. The van der Waals surface area contributed by atoms with Crippen LogP contribution in [0.5, 0.6) is 5.75 Å². The third kappa shape index (κ3) is 4.07. The van der Waals surface area contributed by atoms with E-state index in [1.807, 2.05) is 6.07 Å². The summed E-state index contributed by atoms with van der Waals surface area (Å²) in [4.78, 5) is 26.9. The molecule has 1 aromatic heterocycles. The second-order valence-corrected chi connectivity index (χ2v) is 5.77. The second kappa shape index (κ2) is 8.18. The van der Waals surface area contributed by atoms with Crippen LogP contribution in [0.25, 0.3) is 11.0 Å². The number of carbonyl (C=O) groups excluding carboxylic acids is 1. The molecule has 0 N–H and O–H groups in total. The normalized spacial score (nSPS) is 10.4. The van der Waals surface area contributed by atoms with Crippen molar-refractivity contribution in [2.45, 2.75) is 20.1 Å². The SMILES string of the molecule is CCOC(=O)Cn1c(COc2ccc(C#N)cc2)nc2cc([N+](=O)[O-])ccc21. The summed E-state index contributed by atoms with van der Waals surface area (Å²) in [5.74, 6) is 0.507. The lowest BCUT2D eigenvalue weighted by Gasteiger charge is -2.10. The largest absolute Gasteiger partial charge is 0.486 e. The van der Waals surface area contributed by atoms with Gasteiger partial charge in [0.25, 0.3) is 5.69 Å². The molecule has 0 saturated heterocycles. The summed E-state index contributed by atoms with van der Waals surface area (Å²) in [6.07, 6.45) is 0. The predicted molar refractivity (Wildman–Crippen MR) is 98.5 cm³/mol. The van der Waals surface area contributed by atoms with E-state index in [0.717, 1.165) is 0 Å². The van der Waals surface area contributed by atoms with Crippen molar-refractivity contribution in [3.63, 3.8) is 0 Å². The van der Waals surface area contributed by atoms with E-state index >= 15 is 0 Å². The molecule has 0 atom stereocenters. The number of nitro groups is 1. The van der Waals surface area contributed by atoms with Crippen LogP contribution in [0.3, 0.4) is 0 Å². The Kier molecular flexibility index (Phi) is 5.50. The number of esters is 1. The Morgan fingerprint density at radius 3 is 2.68 bits per heavy atom. The molecule has 0 aliphatic heterocycles. The highest BCUT2D eigenvalue weighted by Crippen LogP contribution is 2.23. The van der Waals surface area contributed by atoms with Crippen LogP contribution in [0.2, 0.25) is 0 Å². The van der Waals surface area contributed by atoms with Crippen molar-refractivity contribution in [3.8, 4) is 11.8 Å². The molecule has 0 radical (unpaired) electrons. The van der Waals surface area contributed by atoms with Crippen molar-refractivity contribution in [2.24, 2.45) is 0 Å². The van der Waals surface area contributed by atoms with Gasteiger partial charge in [-0.1, -0.05) is 0 Å². The van der Waals surface area contributed by atoms with Crippen molar-refractivity contribution in [1.29, 1.82) is 5.26 Å². The van der Waals surface area contributed by atoms with Gasteiger partial charge in [0.15, 0.2) is 0 Å². The molecule has 9 heteroatoms. The topological polar surface area (TPSA) is 120 Å². The van der Waals surface area contributed by atoms with Gasteiger partial charge in [-0.25, -0.2) is 4.98 Å². The minimum absolute atomic E-state index is 0.0355. The second-order valence-electron chi connectivity index (χ2n) is 5.77. The predicted octanol–water partition coefficient (Wildman–Crippen LogP) is 2.96. The molecule has 0 aliphatic carbocycles. The summed E-state index contributed by atoms with van der Waals surface area (Å²) < 4.78 is 12.3. The Hall–Kier alpha value is -3.93. The number of hydrogen-bond acceptors (Lipinski definition) is 7. The number of nitriles is 1. The van der Waals surface area contributed by atoms with E-state index in [4.69, 9.17) is 14.7 Å². The Balaban J connectivity index is 1.92. The minimum Gasteiger partial charge on any atom is -0.486 e. The fourth-order valence-corrected chi connectivity index (χ4v) is 2.68. The molecule has 0 fully saturated rings. The number of non-ortho nitro benzene ring substituents is 1. The van der Waals surface area contributed by atoms with E-state index in [1.165, 1.54) is 12.1 Å². The first kappa shape index (κ1) is 18.8. The zero-order valence-corrected chi connectivity index (χ0v) is 15.0. The van der Waals surface area contributed by atoms with Crippen LogP contribution < -0.4 is 4.74 Å². The van der Waals surface area contributed by atoms with Crippen molar-refractivity contribution in [1.82, 2.24) is 9.55 Å². The number of ether oxygens (including phenoxy) is 2. The van der Waals surface area contributed by atoms with E-state index < -0.39 is 10.9 Å². The number of imidazole rings is 1. The van der Waals surface area contributed by atoms with Gasteiger partial charge in [-0.05, 0) is 37.3 Å². The van der Waals surface area contributed by atoms with Crippen LogP contribution in [0.4, 0.5) is 5.69 Å². The van der Waals surface area contributed by atoms with Crippen LogP contribution in [-0.2, 0) is 22.7 Å². The molecule has 0 amide bonds. The van der Waals surface area contributed by atoms with Crippen LogP contribution in [0.15, 0.2) is 42.5 Å². The van der Waals surface area contributed by atoms with Crippen LogP contribution in [0.1, 0.15) is 18.3 Å². The van der Waals surface area contributed by atoms with Gasteiger partial charge in [0.1, 0.15) is 24.7 Å². The maximum atomic E-state index is 12.0. The summed E-state index contributed by atoms with van der Waals surface area (Å²) in [6, 6.07) is 12.8. The quantitative estimate of drug-likeness (QED) is 0.351. The van der Waals surface area contributed by atoms with Gasteiger partial charge >= 0.3 is 5.97 Å². The summed E-state index contributed by atoms with van der Waals surface area (Å²) in [7, 11) is 0. The molecular weight excluding hydrogens is 364 g/mol. The van der Waals surface area contributed by atoms with Gasteiger partial charge in [-0.15, -0.1) is 0 Å². The molecule has 142 valence electrons. The van der Waals surface area contributed by atoms with E-state index in [2.05, 4.69) is 4.98 Å². The highest BCUT2D eigenvalue weighted by molar-refractivity contribution is 5.81. The van der Waals surface area contributed by atoms with Crippen molar-refractivity contribution in [2.75, 3.05) is 6.61 Å².